The predicted octanol–water partition coefficient (Wildman–Crippen LogP) is 1.51. The highest BCUT2D eigenvalue weighted by Crippen LogP contribution is 2.08. The fourth-order valence-electron chi connectivity index (χ4n) is 1.29. The lowest BCUT2D eigenvalue weighted by molar-refractivity contribution is -0.138. The van der Waals surface area contributed by atoms with Crippen molar-refractivity contribution in [2.24, 2.45) is 0 Å². The van der Waals surface area contributed by atoms with Gasteiger partial charge in [-0.3, -0.25) is 14.9 Å². The predicted molar refractivity (Wildman–Crippen MR) is 65.2 cm³/mol. The number of amides is 3. The molecule has 3 N–H and O–H groups in total. The Morgan fingerprint density at radius 3 is 2.56 bits per heavy atom. The number of anilines is 1. The standard InChI is InChI=1S/C12H14N2O4/c1-8-3-2-4-9(7-8)13-12(18)14-10(15)5-6-11(16)17/h2-4,7H,5-6H2,1H3,(H,16,17)(H2,13,14,15,18). The monoisotopic (exact) mass is 250 g/mol. The van der Waals surface area contributed by atoms with Crippen LogP contribution in [0.1, 0.15) is 18.4 Å². The number of rotatable bonds is 4. The van der Waals surface area contributed by atoms with E-state index in [1.807, 2.05) is 13.0 Å². The molecule has 0 aliphatic carbocycles. The number of carboxylic acid groups (broad SMARTS) is 1. The lowest BCUT2D eigenvalue weighted by Gasteiger charge is -2.06. The Labute approximate surface area is 104 Å². The molecular formula is C12H14N2O4. The minimum Gasteiger partial charge on any atom is -0.481 e. The Balaban J connectivity index is 2.42. The normalized spacial score (nSPS) is 9.61. The molecule has 6 heteroatoms. The minimum atomic E-state index is -1.08. The second-order valence-electron chi connectivity index (χ2n) is 3.77. The number of benzene rings is 1. The van der Waals surface area contributed by atoms with Gasteiger partial charge in [-0.05, 0) is 24.6 Å². The summed E-state index contributed by atoms with van der Waals surface area (Å²) in [5, 5.41) is 12.9. The topological polar surface area (TPSA) is 95.5 Å². The van der Waals surface area contributed by atoms with Gasteiger partial charge in [-0.15, -0.1) is 0 Å². The summed E-state index contributed by atoms with van der Waals surface area (Å²) in [4.78, 5) is 32.8. The van der Waals surface area contributed by atoms with Crippen molar-refractivity contribution in [3.63, 3.8) is 0 Å². The maximum atomic E-state index is 11.4. The summed E-state index contributed by atoms with van der Waals surface area (Å²) in [6, 6.07) is 6.42. The first-order valence-electron chi connectivity index (χ1n) is 5.36. The average Bonchev–Trinajstić information content (AvgIpc) is 2.26. The van der Waals surface area contributed by atoms with Gasteiger partial charge in [-0.1, -0.05) is 12.1 Å². The molecule has 1 rings (SSSR count). The van der Waals surface area contributed by atoms with Crippen molar-refractivity contribution < 1.29 is 19.5 Å². The molecule has 0 atom stereocenters. The van der Waals surface area contributed by atoms with Gasteiger partial charge in [0.1, 0.15) is 0 Å². The number of carbonyl (C=O) groups is 3. The Kier molecular flexibility index (Phi) is 4.86. The summed E-state index contributed by atoms with van der Waals surface area (Å²) in [6.07, 6.45) is -0.528. The van der Waals surface area contributed by atoms with Crippen LogP contribution in [0.3, 0.4) is 0 Å². The summed E-state index contributed by atoms with van der Waals surface area (Å²) < 4.78 is 0. The Morgan fingerprint density at radius 1 is 1.22 bits per heavy atom. The molecule has 0 saturated carbocycles. The van der Waals surface area contributed by atoms with E-state index in [9.17, 15) is 14.4 Å². The molecule has 0 spiro atoms. The molecule has 18 heavy (non-hydrogen) atoms. The van der Waals surface area contributed by atoms with Crippen molar-refractivity contribution in [2.45, 2.75) is 19.8 Å². The second-order valence-corrected chi connectivity index (χ2v) is 3.77. The van der Waals surface area contributed by atoms with Crippen LogP contribution in [0, 0.1) is 6.92 Å². The molecule has 6 nitrogen and oxygen atoms in total. The first kappa shape index (κ1) is 13.7. The SMILES string of the molecule is Cc1cccc(NC(=O)NC(=O)CCC(=O)O)c1. The van der Waals surface area contributed by atoms with Crippen LogP contribution >= 0.6 is 0 Å². The second kappa shape index (κ2) is 6.39. The van der Waals surface area contributed by atoms with E-state index in [-0.39, 0.29) is 12.8 Å². The molecule has 1 aromatic rings. The van der Waals surface area contributed by atoms with E-state index in [1.54, 1.807) is 18.2 Å². The van der Waals surface area contributed by atoms with Crippen molar-refractivity contribution >= 4 is 23.6 Å². The van der Waals surface area contributed by atoms with Gasteiger partial charge in [0.2, 0.25) is 5.91 Å². The third-order valence-electron chi connectivity index (χ3n) is 2.09. The van der Waals surface area contributed by atoms with Gasteiger partial charge >= 0.3 is 12.0 Å². The van der Waals surface area contributed by atoms with Crippen LogP contribution in [-0.2, 0) is 9.59 Å². The fraction of sp³-hybridized carbons (Fsp3) is 0.250. The molecule has 0 aromatic heterocycles. The lowest BCUT2D eigenvalue weighted by atomic mass is 10.2. The molecule has 0 unspecified atom stereocenters. The largest absolute Gasteiger partial charge is 0.481 e. The number of aryl methyl sites for hydroxylation is 1. The van der Waals surface area contributed by atoms with E-state index >= 15 is 0 Å². The van der Waals surface area contributed by atoms with Gasteiger partial charge in [0.05, 0.1) is 6.42 Å². The summed E-state index contributed by atoms with van der Waals surface area (Å²) in [5.74, 6) is -1.70. The molecule has 3 amide bonds. The third-order valence-corrected chi connectivity index (χ3v) is 2.09. The zero-order valence-corrected chi connectivity index (χ0v) is 9.90. The molecule has 0 aliphatic rings. The van der Waals surface area contributed by atoms with Gasteiger partial charge in [0, 0.05) is 12.1 Å². The van der Waals surface area contributed by atoms with Crippen molar-refractivity contribution in [1.82, 2.24) is 5.32 Å². The average molecular weight is 250 g/mol. The van der Waals surface area contributed by atoms with Crippen LogP contribution in [0.15, 0.2) is 24.3 Å². The highest BCUT2D eigenvalue weighted by Gasteiger charge is 2.09. The number of carboxylic acids is 1. The summed E-state index contributed by atoms with van der Waals surface area (Å²) in [7, 11) is 0. The quantitative estimate of drug-likeness (QED) is 0.754. The lowest BCUT2D eigenvalue weighted by Crippen LogP contribution is -2.34. The van der Waals surface area contributed by atoms with Gasteiger partial charge in [-0.25, -0.2) is 4.79 Å². The fourth-order valence-corrected chi connectivity index (χ4v) is 1.29. The number of aliphatic carboxylic acids is 1. The van der Waals surface area contributed by atoms with Crippen molar-refractivity contribution in [2.75, 3.05) is 5.32 Å². The molecule has 0 bridgehead atoms. The van der Waals surface area contributed by atoms with Crippen LogP contribution in [-0.4, -0.2) is 23.0 Å². The van der Waals surface area contributed by atoms with Crippen molar-refractivity contribution in [1.29, 1.82) is 0 Å². The zero-order chi connectivity index (χ0) is 13.5. The highest BCUT2D eigenvalue weighted by atomic mass is 16.4. The molecule has 1 aromatic carbocycles. The Bertz CT molecular complexity index is 471. The number of imide groups is 1. The number of hydrogen-bond donors (Lipinski definition) is 3. The zero-order valence-electron chi connectivity index (χ0n) is 9.90. The van der Waals surface area contributed by atoms with Crippen LogP contribution in [0.4, 0.5) is 10.5 Å². The molecule has 0 heterocycles. The Hall–Kier alpha value is -2.37. The van der Waals surface area contributed by atoms with E-state index in [1.165, 1.54) is 0 Å². The molecule has 0 radical (unpaired) electrons. The number of carbonyl (C=O) groups excluding carboxylic acids is 2. The number of nitrogens with one attached hydrogen (secondary N) is 2. The smallest absolute Gasteiger partial charge is 0.325 e. The maximum absolute atomic E-state index is 11.4. The molecule has 0 fully saturated rings. The van der Waals surface area contributed by atoms with Gasteiger partial charge < -0.3 is 10.4 Å². The van der Waals surface area contributed by atoms with Crippen LogP contribution in [0.2, 0.25) is 0 Å². The molecule has 0 aliphatic heterocycles. The van der Waals surface area contributed by atoms with Crippen molar-refractivity contribution in [3.05, 3.63) is 29.8 Å². The van der Waals surface area contributed by atoms with Gasteiger partial charge in [-0.2, -0.15) is 0 Å². The molecule has 0 saturated heterocycles. The van der Waals surface area contributed by atoms with E-state index in [0.717, 1.165) is 5.56 Å². The minimum absolute atomic E-state index is 0.226. The summed E-state index contributed by atoms with van der Waals surface area (Å²) in [6.45, 7) is 1.88. The van der Waals surface area contributed by atoms with E-state index in [4.69, 9.17) is 5.11 Å². The van der Waals surface area contributed by atoms with E-state index < -0.39 is 17.9 Å². The van der Waals surface area contributed by atoms with Crippen molar-refractivity contribution in [3.8, 4) is 0 Å². The summed E-state index contributed by atoms with van der Waals surface area (Å²) in [5.41, 5.74) is 1.54. The van der Waals surface area contributed by atoms with E-state index in [0.29, 0.717) is 5.69 Å². The van der Waals surface area contributed by atoms with Gasteiger partial charge in [0.25, 0.3) is 0 Å². The number of urea groups is 1. The Morgan fingerprint density at radius 2 is 1.94 bits per heavy atom. The third kappa shape index (κ3) is 5.11. The molecule has 96 valence electrons. The number of hydrogen-bond acceptors (Lipinski definition) is 3. The summed E-state index contributed by atoms with van der Waals surface area (Å²) >= 11 is 0. The van der Waals surface area contributed by atoms with Crippen LogP contribution in [0.5, 0.6) is 0 Å². The van der Waals surface area contributed by atoms with Crippen LogP contribution < -0.4 is 10.6 Å². The first-order valence-corrected chi connectivity index (χ1v) is 5.36. The van der Waals surface area contributed by atoms with Gasteiger partial charge in [0.15, 0.2) is 0 Å². The highest BCUT2D eigenvalue weighted by molar-refractivity contribution is 6.01. The van der Waals surface area contributed by atoms with Crippen LogP contribution in [0.25, 0.3) is 0 Å². The van der Waals surface area contributed by atoms with E-state index in [2.05, 4.69) is 10.6 Å². The maximum Gasteiger partial charge on any atom is 0.325 e. The molecular weight excluding hydrogens is 236 g/mol. The first-order chi connectivity index (χ1) is 8.47.